The maximum atomic E-state index is 4.48. The van der Waals surface area contributed by atoms with E-state index >= 15 is 0 Å². The van der Waals surface area contributed by atoms with Gasteiger partial charge < -0.3 is 4.98 Å². The maximum absolute atomic E-state index is 4.48. The molecule has 94 valence electrons. The smallest absolute Gasteiger partial charge is 0.0700 e. The Labute approximate surface area is 111 Å². The number of H-pyrrole nitrogens is 1. The lowest BCUT2D eigenvalue weighted by atomic mass is 9.96. The van der Waals surface area contributed by atoms with E-state index in [1.807, 2.05) is 11.7 Å². The van der Waals surface area contributed by atoms with Gasteiger partial charge in [0, 0.05) is 30.0 Å². The summed E-state index contributed by atoms with van der Waals surface area (Å²) in [6, 6.07) is 10.7. The van der Waals surface area contributed by atoms with Gasteiger partial charge in [-0.25, -0.2) is 0 Å². The Bertz CT molecular complexity index is 756. The summed E-state index contributed by atoms with van der Waals surface area (Å²) in [6.07, 6.45) is 6.43. The molecule has 3 nitrogen and oxygen atoms in total. The second-order valence-electron chi connectivity index (χ2n) is 5.14. The number of aromatic nitrogens is 3. The Kier molecular flexibility index (Phi) is 2.15. The van der Waals surface area contributed by atoms with Gasteiger partial charge in [-0.05, 0) is 42.0 Å². The van der Waals surface area contributed by atoms with Crippen molar-refractivity contribution in [2.45, 2.75) is 12.8 Å². The van der Waals surface area contributed by atoms with Crippen LogP contribution in [0.4, 0.5) is 0 Å². The minimum absolute atomic E-state index is 1.03. The van der Waals surface area contributed by atoms with Crippen molar-refractivity contribution < 1.29 is 0 Å². The maximum Gasteiger partial charge on any atom is 0.0700 e. The van der Waals surface area contributed by atoms with Crippen LogP contribution in [0.2, 0.25) is 0 Å². The standard InChI is InChI=1S/C16H15N3/c1-19-10-13-8-12(6-7-15(13)18-19)16-9-11-4-2-3-5-14(11)17-16/h2-5,8-10,17H,6-7H2,1H3. The van der Waals surface area contributed by atoms with Crippen molar-refractivity contribution in [1.29, 1.82) is 0 Å². The number of para-hydroxylation sites is 1. The van der Waals surface area contributed by atoms with Crippen LogP contribution in [0.25, 0.3) is 22.6 Å². The molecule has 0 atom stereocenters. The second kappa shape index (κ2) is 3.85. The van der Waals surface area contributed by atoms with E-state index in [1.54, 1.807) is 0 Å². The van der Waals surface area contributed by atoms with Gasteiger partial charge in [0.25, 0.3) is 0 Å². The molecule has 0 aliphatic heterocycles. The van der Waals surface area contributed by atoms with Crippen LogP contribution in [-0.2, 0) is 13.5 Å². The molecule has 0 fully saturated rings. The zero-order chi connectivity index (χ0) is 12.8. The molecule has 3 aromatic rings. The number of aryl methyl sites for hydroxylation is 2. The molecule has 0 bridgehead atoms. The molecule has 0 saturated heterocycles. The van der Waals surface area contributed by atoms with Crippen molar-refractivity contribution >= 4 is 22.6 Å². The van der Waals surface area contributed by atoms with Crippen LogP contribution >= 0.6 is 0 Å². The molecule has 1 aliphatic carbocycles. The second-order valence-corrected chi connectivity index (χ2v) is 5.14. The van der Waals surface area contributed by atoms with Gasteiger partial charge in [0.15, 0.2) is 0 Å². The van der Waals surface area contributed by atoms with Crippen molar-refractivity contribution in [2.24, 2.45) is 7.05 Å². The molecule has 1 aromatic carbocycles. The minimum atomic E-state index is 1.03. The first-order chi connectivity index (χ1) is 9.29. The zero-order valence-corrected chi connectivity index (χ0v) is 10.9. The average Bonchev–Trinajstić information content (AvgIpc) is 2.99. The first kappa shape index (κ1) is 10.6. The van der Waals surface area contributed by atoms with E-state index in [0.29, 0.717) is 0 Å². The van der Waals surface area contributed by atoms with Gasteiger partial charge in [-0.1, -0.05) is 18.2 Å². The molecule has 0 radical (unpaired) electrons. The fraction of sp³-hybridized carbons (Fsp3) is 0.188. The van der Waals surface area contributed by atoms with Gasteiger partial charge in [0.05, 0.1) is 5.69 Å². The van der Waals surface area contributed by atoms with Gasteiger partial charge in [-0.3, -0.25) is 4.68 Å². The van der Waals surface area contributed by atoms with Crippen LogP contribution in [-0.4, -0.2) is 14.8 Å². The molecule has 19 heavy (non-hydrogen) atoms. The highest BCUT2D eigenvalue weighted by molar-refractivity contribution is 5.89. The van der Waals surface area contributed by atoms with Crippen LogP contribution in [0.1, 0.15) is 23.4 Å². The summed E-state index contributed by atoms with van der Waals surface area (Å²) in [5.74, 6) is 0. The van der Waals surface area contributed by atoms with E-state index in [9.17, 15) is 0 Å². The average molecular weight is 249 g/mol. The largest absolute Gasteiger partial charge is 0.355 e. The molecule has 4 rings (SSSR count). The van der Waals surface area contributed by atoms with Gasteiger partial charge in [-0.15, -0.1) is 0 Å². The van der Waals surface area contributed by atoms with E-state index < -0.39 is 0 Å². The van der Waals surface area contributed by atoms with Crippen LogP contribution in [0.5, 0.6) is 0 Å². The Hall–Kier alpha value is -2.29. The Morgan fingerprint density at radius 3 is 3.00 bits per heavy atom. The van der Waals surface area contributed by atoms with Gasteiger partial charge in [0.2, 0.25) is 0 Å². The van der Waals surface area contributed by atoms with Crippen molar-refractivity contribution in [1.82, 2.24) is 14.8 Å². The van der Waals surface area contributed by atoms with E-state index in [2.05, 4.69) is 52.7 Å². The van der Waals surface area contributed by atoms with E-state index in [-0.39, 0.29) is 0 Å². The summed E-state index contributed by atoms with van der Waals surface area (Å²) in [6.45, 7) is 0. The highest BCUT2D eigenvalue weighted by Crippen LogP contribution is 2.30. The van der Waals surface area contributed by atoms with Crippen molar-refractivity contribution in [3.05, 3.63) is 53.5 Å². The Morgan fingerprint density at radius 1 is 1.21 bits per heavy atom. The molecule has 0 unspecified atom stereocenters. The van der Waals surface area contributed by atoms with Gasteiger partial charge in [-0.2, -0.15) is 5.10 Å². The van der Waals surface area contributed by atoms with E-state index in [0.717, 1.165) is 12.8 Å². The third kappa shape index (κ3) is 1.70. The lowest BCUT2D eigenvalue weighted by molar-refractivity contribution is 0.740. The number of hydrogen-bond donors (Lipinski definition) is 1. The summed E-state index contributed by atoms with van der Waals surface area (Å²) in [5, 5.41) is 5.76. The summed E-state index contributed by atoms with van der Waals surface area (Å²) in [5.41, 5.74) is 6.27. The van der Waals surface area contributed by atoms with Gasteiger partial charge >= 0.3 is 0 Å². The lowest BCUT2D eigenvalue weighted by Crippen LogP contribution is -1.98. The molecular formula is C16H15N3. The summed E-state index contributed by atoms with van der Waals surface area (Å²) < 4.78 is 1.90. The highest BCUT2D eigenvalue weighted by Gasteiger charge is 2.15. The zero-order valence-electron chi connectivity index (χ0n) is 10.9. The third-order valence-corrected chi connectivity index (χ3v) is 3.77. The van der Waals surface area contributed by atoms with Crippen molar-refractivity contribution in [3.8, 4) is 0 Å². The van der Waals surface area contributed by atoms with Crippen LogP contribution in [0.15, 0.2) is 36.5 Å². The normalized spacial score (nSPS) is 14.5. The Balaban J connectivity index is 1.82. The third-order valence-electron chi connectivity index (χ3n) is 3.77. The summed E-state index contributed by atoms with van der Waals surface area (Å²) in [4.78, 5) is 3.51. The minimum Gasteiger partial charge on any atom is -0.355 e. The number of hydrogen-bond acceptors (Lipinski definition) is 1. The van der Waals surface area contributed by atoms with Crippen LogP contribution < -0.4 is 0 Å². The topological polar surface area (TPSA) is 33.6 Å². The molecule has 3 heteroatoms. The predicted molar refractivity (Wildman–Crippen MR) is 77.7 cm³/mol. The number of fused-ring (bicyclic) bond motifs is 2. The summed E-state index contributed by atoms with van der Waals surface area (Å²) >= 11 is 0. The summed E-state index contributed by atoms with van der Waals surface area (Å²) in [7, 11) is 1.98. The molecule has 2 heterocycles. The number of allylic oxidation sites excluding steroid dienone is 1. The van der Waals surface area contributed by atoms with E-state index in [1.165, 1.54) is 33.4 Å². The predicted octanol–water partition coefficient (Wildman–Crippen LogP) is 3.39. The van der Waals surface area contributed by atoms with Crippen molar-refractivity contribution in [3.63, 3.8) is 0 Å². The van der Waals surface area contributed by atoms with Gasteiger partial charge in [0.1, 0.15) is 0 Å². The molecular weight excluding hydrogens is 234 g/mol. The highest BCUT2D eigenvalue weighted by atomic mass is 15.2. The molecule has 1 aliphatic rings. The molecule has 0 spiro atoms. The molecule has 1 N–H and O–H groups in total. The first-order valence-electron chi connectivity index (χ1n) is 6.61. The Morgan fingerprint density at radius 2 is 2.11 bits per heavy atom. The number of benzene rings is 1. The van der Waals surface area contributed by atoms with Crippen LogP contribution in [0, 0.1) is 0 Å². The molecule has 0 amide bonds. The number of rotatable bonds is 1. The number of nitrogens with zero attached hydrogens (tertiary/aromatic N) is 2. The van der Waals surface area contributed by atoms with Crippen LogP contribution in [0.3, 0.4) is 0 Å². The number of aromatic amines is 1. The monoisotopic (exact) mass is 249 g/mol. The van der Waals surface area contributed by atoms with E-state index in [4.69, 9.17) is 0 Å². The first-order valence-corrected chi connectivity index (χ1v) is 6.61. The molecule has 2 aromatic heterocycles. The van der Waals surface area contributed by atoms with Crippen molar-refractivity contribution in [2.75, 3.05) is 0 Å². The fourth-order valence-electron chi connectivity index (χ4n) is 2.84. The quantitative estimate of drug-likeness (QED) is 0.704. The lowest BCUT2D eigenvalue weighted by Gasteiger charge is -2.10. The molecule has 0 saturated carbocycles. The fourth-order valence-corrected chi connectivity index (χ4v) is 2.84. The number of nitrogens with one attached hydrogen (secondary N) is 1. The SMILES string of the molecule is Cn1cc2c(n1)CCC(c1cc3ccccc3[nH]1)=C2.